The number of phenols is 1. The third-order valence-electron chi connectivity index (χ3n) is 7.73. The molecular formula is C34H26N10Na2O9S3. The Morgan fingerprint density at radius 2 is 1.07 bits per heavy atom. The van der Waals surface area contributed by atoms with Gasteiger partial charge in [-0.05, 0) is 96.4 Å². The molecule has 8 N–H and O–H groups in total. The van der Waals surface area contributed by atoms with E-state index in [9.17, 15) is 39.5 Å². The van der Waals surface area contributed by atoms with Gasteiger partial charge >= 0.3 is 59.1 Å². The maximum atomic E-state index is 13.1. The van der Waals surface area contributed by atoms with Gasteiger partial charge in [-0.25, -0.2) is 25.3 Å². The average Bonchev–Trinajstić information content (AvgIpc) is 3.13. The van der Waals surface area contributed by atoms with Crippen molar-refractivity contribution in [3.8, 4) is 5.75 Å². The minimum atomic E-state index is -5.38. The monoisotopic (exact) mass is 860 g/mol. The number of nitrogen functional groups attached to an aromatic ring is 3. The molecule has 286 valence electrons. The van der Waals surface area contributed by atoms with Gasteiger partial charge in [0.15, 0.2) is 5.75 Å². The molecule has 6 aromatic carbocycles. The molecule has 0 bridgehead atoms. The van der Waals surface area contributed by atoms with Crippen molar-refractivity contribution < 1.29 is 98.6 Å². The van der Waals surface area contributed by atoms with Gasteiger partial charge in [-0.3, -0.25) is 4.72 Å². The smallest absolute Gasteiger partial charge is 0.744 e. The van der Waals surface area contributed by atoms with E-state index in [0.717, 1.165) is 0 Å². The molecule has 6 aromatic rings. The van der Waals surface area contributed by atoms with E-state index < -0.39 is 73.6 Å². The summed E-state index contributed by atoms with van der Waals surface area (Å²) in [4.78, 5) is -2.22. The zero-order chi connectivity index (χ0) is 40.4. The molecule has 0 amide bonds. The van der Waals surface area contributed by atoms with Crippen molar-refractivity contribution in [1.29, 1.82) is 0 Å². The Balaban J connectivity index is 0.00000372. The van der Waals surface area contributed by atoms with Crippen LogP contribution in [0, 0.1) is 0 Å². The van der Waals surface area contributed by atoms with Crippen LogP contribution >= 0.6 is 0 Å². The second kappa shape index (κ2) is 18.4. The maximum absolute atomic E-state index is 13.1. The summed E-state index contributed by atoms with van der Waals surface area (Å²) in [5.41, 5.74) is 17.5. The first kappa shape index (κ1) is 45.8. The second-order valence-electron chi connectivity index (χ2n) is 11.6. The van der Waals surface area contributed by atoms with Crippen LogP contribution in [0.3, 0.4) is 0 Å². The number of benzene rings is 6. The van der Waals surface area contributed by atoms with Gasteiger partial charge in [-0.1, -0.05) is 18.2 Å². The minimum Gasteiger partial charge on any atom is -0.744 e. The van der Waals surface area contributed by atoms with Crippen LogP contribution in [0.15, 0.2) is 155 Å². The summed E-state index contributed by atoms with van der Waals surface area (Å²) in [5, 5.41) is 33.8. The number of sulfonamides is 1. The van der Waals surface area contributed by atoms with Crippen molar-refractivity contribution in [2.24, 2.45) is 30.7 Å². The van der Waals surface area contributed by atoms with Gasteiger partial charge in [0.05, 0.1) is 48.5 Å². The number of hydrogen-bond donors (Lipinski definition) is 5. The van der Waals surface area contributed by atoms with Crippen LogP contribution in [0.1, 0.15) is 0 Å². The van der Waals surface area contributed by atoms with Crippen molar-refractivity contribution in [3.63, 3.8) is 0 Å². The van der Waals surface area contributed by atoms with E-state index in [4.69, 9.17) is 17.2 Å². The Morgan fingerprint density at radius 1 is 0.569 bits per heavy atom. The molecule has 0 aromatic heterocycles. The molecule has 0 aliphatic carbocycles. The first-order valence-corrected chi connectivity index (χ1v) is 19.9. The van der Waals surface area contributed by atoms with Crippen LogP contribution in [0.25, 0.3) is 10.8 Å². The number of rotatable bonds is 11. The van der Waals surface area contributed by atoms with Crippen LogP contribution in [-0.2, 0) is 30.3 Å². The first-order chi connectivity index (χ1) is 26.4. The van der Waals surface area contributed by atoms with Crippen LogP contribution in [0.2, 0.25) is 0 Å². The molecule has 0 radical (unpaired) electrons. The van der Waals surface area contributed by atoms with E-state index in [1.807, 2.05) is 0 Å². The van der Waals surface area contributed by atoms with Crippen LogP contribution in [0.4, 0.5) is 56.9 Å². The van der Waals surface area contributed by atoms with E-state index >= 15 is 0 Å². The van der Waals surface area contributed by atoms with Gasteiger partial charge in [0.25, 0.3) is 10.0 Å². The van der Waals surface area contributed by atoms with Gasteiger partial charge in [0, 0.05) is 11.4 Å². The summed E-state index contributed by atoms with van der Waals surface area (Å²) in [6.45, 7) is 0. The zero-order valence-corrected chi connectivity index (χ0v) is 36.7. The molecule has 0 aliphatic heterocycles. The predicted octanol–water partition coefficient (Wildman–Crippen LogP) is 1.16. The number of fused-ring (bicyclic) bond motifs is 1. The number of anilines is 4. The Morgan fingerprint density at radius 3 is 1.62 bits per heavy atom. The van der Waals surface area contributed by atoms with Crippen molar-refractivity contribution in [1.82, 2.24) is 0 Å². The quantitative estimate of drug-likeness (QED) is 0.0530. The van der Waals surface area contributed by atoms with Crippen molar-refractivity contribution in [3.05, 3.63) is 109 Å². The van der Waals surface area contributed by atoms with Gasteiger partial charge in [-0.15, -0.1) is 15.3 Å². The second-order valence-corrected chi connectivity index (χ2v) is 16.0. The van der Waals surface area contributed by atoms with Crippen molar-refractivity contribution in [2.75, 3.05) is 21.9 Å². The van der Waals surface area contributed by atoms with Crippen LogP contribution in [-0.4, -0.2) is 39.5 Å². The molecule has 6 rings (SSSR count). The largest absolute Gasteiger partial charge is 1.00 e. The van der Waals surface area contributed by atoms with E-state index in [1.54, 1.807) is 30.3 Å². The van der Waals surface area contributed by atoms with E-state index in [1.165, 1.54) is 66.7 Å². The molecule has 0 fully saturated rings. The number of nitrogens with zero attached hydrogens (tertiary/aromatic N) is 6. The van der Waals surface area contributed by atoms with Crippen molar-refractivity contribution >= 4 is 97.9 Å². The Hall–Kier alpha value is -4.85. The molecule has 58 heavy (non-hydrogen) atoms. The minimum absolute atomic E-state index is 0. The van der Waals surface area contributed by atoms with E-state index in [-0.39, 0.29) is 81.1 Å². The molecule has 0 aliphatic rings. The molecule has 24 heteroatoms. The number of nitrogens with two attached hydrogens (primary N) is 3. The molecule has 0 spiro atoms. The third kappa shape index (κ3) is 10.6. The number of nitrogens with one attached hydrogen (secondary N) is 1. The third-order valence-corrected chi connectivity index (χ3v) is 10.8. The SMILES string of the molecule is Nc1ccc(N=Nc2ccc(S(=O)(=O)Nc3ccc(N=Nc4c(S(=O)(=O)[O-])cc5cc(S(=O)(=O)[O-])c(N=Nc6ccccc6)c(O)c5c4N)cc3)cc2)c(N)c1.[Na+].[Na+]. The summed E-state index contributed by atoms with van der Waals surface area (Å²) in [6, 6.07) is 24.7. The fourth-order valence-electron chi connectivity index (χ4n) is 5.08. The Kier molecular flexibility index (Phi) is 14.5. The van der Waals surface area contributed by atoms with Crippen molar-refractivity contribution in [2.45, 2.75) is 14.7 Å². The summed E-state index contributed by atoms with van der Waals surface area (Å²) in [6.07, 6.45) is 0. The Labute approximate surface area is 375 Å². The van der Waals surface area contributed by atoms with Gasteiger partial charge in [0.2, 0.25) is 0 Å². The summed E-state index contributed by atoms with van der Waals surface area (Å²) < 4.78 is 102. The molecule has 0 saturated heterocycles. The fourth-order valence-corrected chi connectivity index (χ4v) is 7.44. The number of hydrogen-bond acceptors (Lipinski definition) is 18. The topological polar surface area (TPSA) is 333 Å². The maximum Gasteiger partial charge on any atom is 1.00 e. The van der Waals surface area contributed by atoms with Crippen LogP contribution in [0.5, 0.6) is 5.75 Å². The number of azo groups is 3. The number of phenolic OH excluding ortho intramolecular Hbond substituents is 1. The van der Waals surface area contributed by atoms with Gasteiger partial charge in [-0.2, -0.15) is 15.3 Å². The fraction of sp³-hybridized carbons (Fsp3) is 0. The average molecular weight is 861 g/mol. The molecule has 0 heterocycles. The first-order valence-electron chi connectivity index (χ1n) is 15.6. The van der Waals surface area contributed by atoms with E-state index in [0.29, 0.717) is 34.9 Å². The van der Waals surface area contributed by atoms with Gasteiger partial charge in [0.1, 0.15) is 37.3 Å². The summed E-state index contributed by atoms with van der Waals surface area (Å²) in [7, 11) is -14.8. The molecule has 19 nitrogen and oxygen atoms in total. The van der Waals surface area contributed by atoms with Gasteiger partial charge < -0.3 is 31.4 Å². The van der Waals surface area contributed by atoms with E-state index in [2.05, 4.69) is 35.4 Å². The normalized spacial score (nSPS) is 12.2. The Bertz CT molecular complexity index is 2940. The zero-order valence-electron chi connectivity index (χ0n) is 30.2. The molecular weight excluding hydrogens is 835 g/mol. The predicted molar refractivity (Wildman–Crippen MR) is 204 cm³/mol. The summed E-state index contributed by atoms with van der Waals surface area (Å²) in [5.74, 6) is -0.973. The van der Waals surface area contributed by atoms with Crippen LogP contribution < -0.4 is 81.0 Å². The molecule has 0 atom stereocenters. The number of aromatic hydroxyl groups is 1. The molecule has 0 unspecified atom stereocenters. The summed E-state index contributed by atoms with van der Waals surface area (Å²) >= 11 is 0. The standard InChI is InChI=1S/C34H28N10O9S3.2Na/c35-20-6-15-27(26(36)18-20)41-38-23-11-13-25(14-12-23)54(46,47)44-24-9-7-22(8-10-24)40-42-32-28(55(48,49)50)16-19-17-29(56(51,52)53)33(34(45)30(19)31(32)37)43-39-21-4-2-1-3-5-21;;/h1-18,44-45H,35-37H2,(H,48,49,50)(H,51,52,53);;/q;2*+1/p-2. The molecule has 0 saturated carbocycles.